The molecule has 0 aliphatic heterocycles. The second-order valence-corrected chi connectivity index (χ2v) is 2.17. The molecular weight excluding hydrogens is 241 g/mol. The van der Waals surface area contributed by atoms with Gasteiger partial charge in [-0.25, -0.2) is 0 Å². The van der Waals surface area contributed by atoms with Crippen molar-refractivity contribution in [3.8, 4) is 0 Å². The molecule has 3 nitrogen and oxygen atoms in total. The van der Waals surface area contributed by atoms with Crippen molar-refractivity contribution in [3.05, 3.63) is 24.3 Å². The Kier molecular flexibility index (Phi) is 2.61. The molecule has 0 fully saturated rings. The molecule has 0 radical (unpaired) electrons. The summed E-state index contributed by atoms with van der Waals surface area (Å²) in [4.78, 5) is 0. The third kappa shape index (κ3) is 1.66. The van der Waals surface area contributed by atoms with E-state index in [9.17, 15) is 0 Å². The Hall–Kier alpha value is -0.650. The van der Waals surface area contributed by atoms with E-state index in [1.165, 1.54) is 0 Å². The van der Waals surface area contributed by atoms with E-state index < -0.39 is 0 Å². The number of nitrogen functional groups attached to an aromatic ring is 1. The lowest BCUT2D eigenvalue weighted by Gasteiger charge is -1.93. The monoisotopic (exact) mass is 247 g/mol. The topological polar surface area (TPSA) is 50.7 Å². The van der Waals surface area contributed by atoms with Crippen molar-refractivity contribution < 1.29 is 0 Å². The van der Waals surface area contributed by atoms with Crippen LogP contribution < -0.4 is 5.73 Å². The van der Waals surface area contributed by atoms with Crippen LogP contribution in [0.4, 0.5) is 11.4 Å². The van der Waals surface area contributed by atoms with Crippen molar-refractivity contribution in [3.63, 3.8) is 0 Å². The van der Waals surface area contributed by atoms with Gasteiger partial charge in [0, 0.05) is 0 Å². The molecule has 0 aliphatic rings. The molecule has 0 heterocycles. The van der Waals surface area contributed by atoms with Gasteiger partial charge in [0.15, 0.2) is 0 Å². The number of hydrogen-bond donors (Lipinski definition) is 1. The van der Waals surface area contributed by atoms with Crippen molar-refractivity contribution in [2.24, 2.45) is 8.44 Å². The molecule has 0 aromatic heterocycles. The van der Waals surface area contributed by atoms with Crippen LogP contribution in [0.3, 0.4) is 0 Å². The average Bonchev–Trinajstić information content (AvgIpc) is 1.94. The molecule has 10 heavy (non-hydrogen) atoms. The lowest BCUT2D eigenvalue weighted by molar-refractivity contribution is 1.37. The Morgan fingerprint density at radius 3 is 2.60 bits per heavy atom. The summed E-state index contributed by atoms with van der Waals surface area (Å²) in [6.07, 6.45) is 0. The van der Waals surface area contributed by atoms with Crippen LogP contribution in [0.2, 0.25) is 0 Å². The minimum Gasteiger partial charge on any atom is -0.397 e. The summed E-state index contributed by atoms with van der Waals surface area (Å²) in [5, 5.41) is 3.79. The lowest BCUT2D eigenvalue weighted by atomic mass is 10.3. The molecule has 4 heteroatoms. The lowest BCUT2D eigenvalue weighted by Crippen LogP contribution is -1.82. The van der Waals surface area contributed by atoms with E-state index in [1.54, 1.807) is 6.07 Å². The molecule has 1 aromatic carbocycles. The fraction of sp³-hybridized carbons (Fsp3) is 0. The molecule has 0 unspecified atom stereocenters. The van der Waals surface area contributed by atoms with Crippen LogP contribution in [0.25, 0.3) is 0 Å². The second-order valence-electron chi connectivity index (χ2n) is 1.73. The molecule has 0 spiro atoms. The average molecular weight is 247 g/mol. The van der Waals surface area contributed by atoms with Gasteiger partial charge < -0.3 is 5.73 Å². The van der Waals surface area contributed by atoms with Gasteiger partial charge in [0.1, 0.15) is 28.6 Å². The van der Waals surface area contributed by atoms with Gasteiger partial charge in [-0.05, 0) is 12.1 Å². The normalized spacial score (nSPS) is 10.5. The third-order valence-corrected chi connectivity index (χ3v) is 1.30. The number of anilines is 1. The minimum atomic E-state index is 0.655. The van der Waals surface area contributed by atoms with Gasteiger partial charge in [0.2, 0.25) is 0 Å². The zero-order chi connectivity index (χ0) is 7.40. The smallest absolute Gasteiger partial charge is 0.111 e. The largest absolute Gasteiger partial charge is 0.397 e. The molecule has 0 saturated heterocycles. The molecule has 1 rings (SSSR count). The molecule has 0 bridgehead atoms. The molecule has 0 atom stereocenters. The van der Waals surface area contributed by atoms with Crippen molar-refractivity contribution in [2.45, 2.75) is 0 Å². The first-order valence-electron chi connectivity index (χ1n) is 2.71. The molecule has 0 amide bonds. The summed E-state index contributed by atoms with van der Waals surface area (Å²) in [5.74, 6) is 0. The molecule has 1 aromatic rings. The van der Waals surface area contributed by atoms with E-state index in [0.29, 0.717) is 5.69 Å². The van der Waals surface area contributed by atoms with Crippen LogP contribution in [0, 0.1) is 0 Å². The highest BCUT2D eigenvalue weighted by Crippen LogP contribution is 2.21. The third-order valence-electron chi connectivity index (χ3n) is 1.08. The van der Waals surface area contributed by atoms with E-state index in [-0.39, 0.29) is 0 Å². The van der Waals surface area contributed by atoms with E-state index in [0.717, 1.165) is 5.69 Å². The minimum absolute atomic E-state index is 0.655. The molecule has 2 N–H and O–H groups in total. The summed E-state index contributed by atoms with van der Waals surface area (Å²) in [7, 11) is 0. The number of para-hydroxylation sites is 1. The van der Waals surface area contributed by atoms with Crippen LogP contribution in [-0.4, -0.2) is 0 Å². The Morgan fingerprint density at radius 1 is 1.30 bits per heavy atom. The van der Waals surface area contributed by atoms with Gasteiger partial charge in [-0.15, -0.1) is 8.44 Å². The van der Waals surface area contributed by atoms with Crippen LogP contribution in [-0.2, 0) is 0 Å². The van der Waals surface area contributed by atoms with Gasteiger partial charge in [0.25, 0.3) is 0 Å². The number of benzene rings is 1. The SMILES string of the molecule is Nc1ccccc1N=NI. The first-order valence-corrected chi connectivity index (χ1v) is 3.67. The zero-order valence-electron chi connectivity index (χ0n) is 5.16. The molecular formula is C6H6IN3. The molecule has 0 saturated carbocycles. The number of nitrogens with two attached hydrogens (primary N) is 1. The Balaban J connectivity index is 3.03. The van der Waals surface area contributed by atoms with Gasteiger partial charge in [-0.1, -0.05) is 12.1 Å². The summed E-state index contributed by atoms with van der Waals surface area (Å²) < 4.78 is 3.58. The fourth-order valence-electron chi connectivity index (χ4n) is 0.619. The molecule has 0 aliphatic carbocycles. The maximum absolute atomic E-state index is 5.55. The van der Waals surface area contributed by atoms with Crippen LogP contribution in [0.5, 0.6) is 0 Å². The number of rotatable bonds is 1. The Labute approximate surface area is 72.8 Å². The zero-order valence-corrected chi connectivity index (χ0v) is 7.32. The first-order chi connectivity index (χ1) is 4.84. The van der Waals surface area contributed by atoms with Gasteiger partial charge in [0.05, 0.1) is 5.69 Å². The Morgan fingerprint density at radius 2 is 2.00 bits per heavy atom. The van der Waals surface area contributed by atoms with Crippen molar-refractivity contribution >= 4 is 34.2 Å². The second kappa shape index (κ2) is 3.50. The fourth-order valence-corrected chi connectivity index (χ4v) is 0.852. The maximum atomic E-state index is 5.55. The summed E-state index contributed by atoms with van der Waals surface area (Å²) >= 11 is 1.81. The van der Waals surface area contributed by atoms with Crippen molar-refractivity contribution in [2.75, 3.05) is 5.73 Å². The number of hydrogen-bond acceptors (Lipinski definition) is 3. The van der Waals surface area contributed by atoms with E-state index in [4.69, 9.17) is 5.73 Å². The summed E-state index contributed by atoms with van der Waals surface area (Å²) in [6.45, 7) is 0. The summed E-state index contributed by atoms with van der Waals surface area (Å²) in [6, 6.07) is 7.34. The van der Waals surface area contributed by atoms with Crippen LogP contribution in [0.1, 0.15) is 0 Å². The quantitative estimate of drug-likeness (QED) is 0.463. The number of halogens is 1. The Bertz CT molecular complexity index is 247. The molecule has 52 valence electrons. The standard InChI is InChI=1S/C6H6IN3/c7-10-9-6-4-2-1-3-5(6)8/h1-4H,8H2. The summed E-state index contributed by atoms with van der Waals surface area (Å²) in [5.41, 5.74) is 6.92. The van der Waals surface area contributed by atoms with E-state index in [1.807, 2.05) is 41.1 Å². The van der Waals surface area contributed by atoms with Gasteiger partial charge in [-0.2, -0.15) is 0 Å². The number of nitrogens with zero attached hydrogens (tertiary/aromatic N) is 2. The predicted molar refractivity (Wildman–Crippen MR) is 49.4 cm³/mol. The van der Waals surface area contributed by atoms with Crippen molar-refractivity contribution in [1.82, 2.24) is 0 Å². The van der Waals surface area contributed by atoms with Crippen LogP contribution >= 0.6 is 22.9 Å². The van der Waals surface area contributed by atoms with E-state index in [2.05, 4.69) is 8.44 Å². The highest BCUT2D eigenvalue weighted by atomic mass is 127. The van der Waals surface area contributed by atoms with Gasteiger partial charge in [-0.3, -0.25) is 0 Å². The van der Waals surface area contributed by atoms with Crippen LogP contribution in [0.15, 0.2) is 32.7 Å². The van der Waals surface area contributed by atoms with Gasteiger partial charge >= 0.3 is 0 Å². The predicted octanol–water partition coefficient (Wildman–Crippen LogP) is 2.70. The highest BCUT2D eigenvalue weighted by Gasteiger charge is 1.91. The highest BCUT2D eigenvalue weighted by molar-refractivity contribution is 14.1. The first kappa shape index (κ1) is 7.46. The van der Waals surface area contributed by atoms with Crippen molar-refractivity contribution in [1.29, 1.82) is 0 Å². The van der Waals surface area contributed by atoms with E-state index >= 15 is 0 Å². The maximum Gasteiger partial charge on any atom is 0.111 e.